The number of rotatable bonds is 1. The van der Waals surface area contributed by atoms with Crippen LogP contribution in [0.3, 0.4) is 0 Å². The summed E-state index contributed by atoms with van der Waals surface area (Å²) in [5.41, 5.74) is 3.57. The van der Waals surface area contributed by atoms with Crippen LogP contribution < -0.4 is 4.90 Å². The van der Waals surface area contributed by atoms with Crippen LogP contribution in [0.4, 0.5) is 10.5 Å². The smallest absolute Gasteiger partial charge is 0.414 e. The Labute approximate surface area is 148 Å². The lowest BCUT2D eigenvalue weighted by atomic mass is 9.83. The fraction of sp³-hybridized carbons (Fsp3) is 0.632. The zero-order valence-corrected chi connectivity index (χ0v) is 15.6. The zero-order valence-electron chi connectivity index (χ0n) is 14.9. The van der Waals surface area contributed by atoms with Gasteiger partial charge in [0.15, 0.2) is 0 Å². The molecule has 132 valence electrons. The van der Waals surface area contributed by atoms with Gasteiger partial charge in [0, 0.05) is 23.9 Å². The lowest BCUT2D eigenvalue weighted by Crippen LogP contribution is -2.36. The number of phenols is 1. The molecule has 0 unspecified atom stereocenters. The second-order valence-electron chi connectivity index (χ2n) is 7.87. The van der Waals surface area contributed by atoms with E-state index in [1.807, 2.05) is 27.7 Å². The molecule has 2 atom stereocenters. The standard InChI is InChI=1S/C19H26ClNO3/c1-11(20)14-10-21(18(23)24-19(2,3)4)15-9-16(22)12-7-5-6-8-13(12)17(14)15/h9,11,14,22H,5-8,10H2,1-4H3/t11-,14-/m1/s1. The maximum atomic E-state index is 12.7. The van der Waals surface area contributed by atoms with E-state index in [0.717, 1.165) is 42.5 Å². The van der Waals surface area contributed by atoms with Crippen molar-refractivity contribution < 1.29 is 14.6 Å². The molecule has 1 N–H and O–H groups in total. The summed E-state index contributed by atoms with van der Waals surface area (Å²) in [5.74, 6) is 0.363. The average molecular weight is 352 g/mol. The first-order valence-corrected chi connectivity index (χ1v) is 9.15. The molecule has 0 saturated heterocycles. The molecule has 5 heteroatoms. The van der Waals surface area contributed by atoms with Crippen LogP contribution in [-0.4, -0.2) is 28.7 Å². The molecule has 24 heavy (non-hydrogen) atoms. The second kappa shape index (κ2) is 6.14. The third-order valence-electron chi connectivity index (χ3n) is 4.86. The molecule has 4 nitrogen and oxygen atoms in total. The molecule has 0 spiro atoms. The number of aromatic hydroxyl groups is 1. The van der Waals surface area contributed by atoms with Gasteiger partial charge in [0.1, 0.15) is 11.4 Å². The molecule has 1 amide bonds. The van der Waals surface area contributed by atoms with E-state index in [1.54, 1.807) is 11.0 Å². The van der Waals surface area contributed by atoms with Gasteiger partial charge in [-0.25, -0.2) is 4.79 Å². The van der Waals surface area contributed by atoms with Crippen LogP contribution in [0.25, 0.3) is 0 Å². The first kappa shape index (κ1) is 17.4. The average Bonchev–Trinajstić information content (AvgIpc) is 2.85. The van der Waals surface area contributed by atoms with Crippen molar-refractivity contribution >= 4 is 23.4 Å². The highest BCUT2D eigenvalue weighted by molar-refractivity contribution is 6.21. The monoisotopic (exact) mass is 351 g/mol. The van der Waals surface area contributed by atoms with Crippen LogP contribution in [-0.2, 0) is 17.6 Å². The molecule has 1 aromatic rings. The van der Waals surface area contributed by atoms with Crippen LogP contribution >= 0.6 is 11.6 Å². The quantitative estimate of drug-likeness (QED) is 0.743. The normalized spacial score (nSPS) is 21.2. The summed E-state index contributed by atoms with van der Waals surface area (Å²) >= 11 is 6.46. The van der Waals surface area contributed by atoms with Crippen molar-refractivity contribution in [1.29, 1.82) is 0 Å². The molecule has 1 aliphatic carbocycles. The third kappa shape index (κ3) is 3.08. The summed E-state index contributed by atoms with van der Waals surface area (Å²) in [4.78, 5) is 14.3. The maximum absolute atomic E-state index is 12.7. The Morgan fingerprint density at radius 2 is 1.96 bits per heavy atom. The van der Waals surface area contributed by atoms with E-state index >= 15 is 0 Å². The van der Waals surface area contributed by atoms with Crippen molar-refractivity contribution in [3.8, 4) is 5.75 Å². The van der Waals surface area contributed by atoms with Gasteiger partial charge in [-0.3, -0.25) is 4.90 Å². The Hall–Kier alpha value is -1.42. The molecular weight excluding hydrogens is 326 g/mol. The first-order valence-electron chi connectivity index (χ1n) is 8.71. The summed E-state index contributed by atoms with van der Waals surface area (Å²) < 4.78 is 5.55. The molecule has 3 rings (SSSR count). The molecule has 1 aliphatic heterocycles. The van der Waals surface area contributed by atoms with Gasteiger partial charge >= 0.3 is 6.09 Å². The number of hydrogen-bond donors (Lipinski definition) is 1. The van der Waals surface area contributed by atoms with Gasteiger partial charge in [-0.05, 0) is 70.1 Å². The number of fused-ring (bicyclic) bond motifs is 3. The minimum absolute atomic E-state index is 0.0710. The van der Waals surface area contributed by atoms with Gasteiger partial charge in [0.2, 0.25) is 0 Å². The number of alkyl halides is 1. The SMILES string of the molecule is C[C@@H](Cl)[C@H]1CN(C(=O)OC(C)(C)C)c2cc(O)c3c(c21)CCCC3. The predicted molar refractivity (Wildman–Crippen MR) is 96.4 cm³/mol. The largest absolute Gasteiger partial charge is 0.508 e. The van der Waals surface area contributed by atoms with E-state index in [4.69, 9.17) is 16.3 Å². The van der Waals surface area contributed by atoms with Gasteiger partial charge in [-0.15, -0.1) is 11.6 Å². The number of carbonyl (C=O) groups excluding carboxylic acids is 1. The summed E-state index contributed by atoms with van der Waals surface area (Å²) in [6.07, 6.45) is 3.66. The molecule has 1 aromatic carbocycles. The molecular formula is C19H26ClNO3. The molecule has 0 bridgehead atoms. The topological polar surface area (TPSA) is 49.8 Å². The highest BCUT2D eigenvalue weighted by atomic mass is 35.5. The van der Waals surface area contributed by atoms with Crippen LogP contribution in [0.2, 0.25) is 0 Å². The van der Waals surface area contributed by atoms with E-state index in [0.29, 0.717) is 12.3 Å². The van der Waals surface area contributed by atoms with Crippen LogP contribution in [0.1, 0.15) is 63.1 Å². The predicted octanol–water partition coefficient (Wildman–Crippen LogP) is 4.74. The fourth-order valence-electron chi connectivity index (χ4n) is 3.82. The first-order chi connectivity index (χ1) is 11.2. The molecule has 0 fully saturated rings. The number of hydrogen-bond acceptors (Lipinski definition) is 3. The second-order valence-corrected chi connectivity index (χ2v) is 8.56. The van der Waals surface area contributed by atoms with E-state index in [9.17, 15) is 9.90 Å². The third-order valence-corrected chi connectivity index (χ3v) is 5.16. The Bertz CT molecular complexity index is 664. The summed E-state index contributed by atoms with van der Waals surface area (Å²) in [6, 6.07) is 1.72. The maximum Gasteiger partial charge on any atom is 0.414 e. The zero-order chi connectivity index (χ0) is 17.6. The number of phenolic OH excluding ortho intramolecular Hbond substituents is 1. The highest BCUT2D eigenvalue weighted by Crippen LogP contribution is 2.48. The summed E-state index contributed by atoms with van der Waals surface area (Å²) in [5, 5.41) is 10.4. The molecule has 0 radical (unpaired) electrons. The van der Waals surface area contributed by atoms with Crippen molar-refractivity contribution in [3.05, 3.63) is 22.8 Å². The number of ether oxygens (including phenoxy) is 1. The number of nitrogens with zero attached hydrogens (tertiary/aromatic N) is 1. The fourth-order valence-corrected chi connectivity index (χ4v) is 4.03. The van der Waals surface area contributed by atoms with E-state index in [-0.39, 0.29) is 17.4 Å². The molecule has 0 aromatic heterocycles. The number of amides is 1. The lowest BCUT2D eigenvalue weighted by molar-refractivity contribution is 0.0582. The van der Waals surface area contributed by atoms with Crippen molar-refractivity contribution in [2.24, 2.45) is 0 Å². The lowest BCUT2D eigenvalue weighted by Gasteiger charge is -2.26. The van der Waals surface area contributed by atoms with Crippen LogP contribution in [0.5, 0.6) is 5.75 Å². The number of carbonyl (C=O) groups is 1. The van der Waals surface area contributed by atoms with Crippen LogP contribution in [0, 0.1) is 0 Å². The summed E-state index contributed by atoms with van der Waals surface area (Å²) in [7, 11) is 0. The Morgan fingerprint density at radius 3 is 2.54 bits per heavy atom. The van der Waals surface area contributed by atoms with Gasteiger partial charge in [-0.1, -0.05) is 0 Å². The minimum atomic E-state index is -0.557. The minimum Gasteiger partial charge on any atom is -0.508 e. The molecule has 1 heterocycles. The van der Waals surface area contributed by atoms with Gasteiger partial charge in [0.05, 0.1) is 5.69 Å². The van der Waals surface area contributed by atoms with Crippen LogP contribution in [0.15, 0.2) is 6.07 Å². The van der Waals surface area contributed by atoms with Crippen molar-refractivity contribution in [2.45, 2.75) is 70.3 Å². The van der Waals surface area contributed by atoms with E-state index in [1.165, 1.54) is 5.56 Å². The molecule has 2 aliphatic rings. The number of halogens is 1. The van der Waals surface area contributed by atoms with Crippen molar-refractivity contribution in [3.63, 3.8) is 0 Å². The Kier molecular flexibility index (Phi) is 4.45. The van der Waals surface area contributed by atoms with Gasteiger partial charge in [-0.2, -0.15) is 0 Å². The number of anilines is 1. The van der Waals surface area contributed by atoms with E-state index < -0.39 is 5.60 Å². The van der Waals surface area contributed by atoms with Gasteiger partial charge < -0.3 is 9.84 Å². The number of benzene rings is 1. The Balaban J connectivity index is 2.07. The summed E-state index contributed by atoms with van der Waals surface area (Å²) in [6.45, 7) is 8.04. The highest BCUT2D eigenvalue weighted by Gasteiger charge is 2.40. The van der Waals surface area contributed by atoms with Crippen molar-refractivity contribution in [1.82, 2.24) is 0 Å². The molecule has 0 saturated carbocycles. The van der Waals surface area contributed by atoms with E-state index in [2.05, 4.69) is 0 Å². The Morgan fingerprint density at radius 1 is 1.33 bits per heavy atom. The van der Waals surface area contributed by atoms with Crippen molar-refractivity contribution in [2.75, 3.05) is 11.4 Å². The van der Waals surface area contributed by atoms with Gasteiger partial charge in [0.25, 0.3) is 0 Å².